The van der Waals surface area contributed by atoms with Crippen LogP contribution in [0.2, 0.25) is 0 Å². The lowest BCUT2D eigenvalue weighted by atomic mass is 9.88. The fourth-order valence-corrected chi connectivity index (χ4v) is 2.47. The molecule has 0 aliphatic carbocycles. The van der Waals surface area contributed by atoms with Gasteiger partial charge in [-0.2, -0.15) is 18.3 Å². The van der Waals surface area contributed by atoms with E-state index in [4.69, 9.17) is 4.74 Å². The molecule has 1 saturated heterocycles. The van der Waals surface area contributed by atoms with Crippen molar-refractivity contribution in [2.75, 3.05) is 13.7 Å². The quantitative estimate of drug-likeness (QED) is 0.887. The van der Waals surface area contributed by atoms with Crippen LogP contribution in [0.4, 0.5) is 13.2 Å². The first-order chi connectivity index (χ1) is 8.45. The zero-order valence-corrected chi connectivity index (χ0v) is 10.3. The van der Waals surface area contributed by atoms with Gasteiger partial charge in [0.25, 0.3) is 0 Å². The van der Waals surface area contributed by atoms with Gasteiger partial charge >= 0.3 is 6.18 Å². The Morgan fingerprint density at radius 1 is 1.50 bits per heavy atom. The first-order valence-electron chi connectivity index (χ1n) is 5.81. The topological polar surface area (TPSA) is 39.1 Å². The second-order valence-electron chi connectivity index (χ2n) is 4.44. The molecule has 0 amide bonds. The van der Waals surface area contributed by atoms with Gasteiger partial charge in [0.05, 0.1) is 31.0 Å². The highest BCUT2D eigenvalue weighted by molar-refractivity contribution is 5.29. The molecule has 2 heterocycles. The second kappa shape index (κ2) is 4.79. The summed E-state index contributed by atoms with van der Waals surface area (Å²) in [5.41, 5.74) is 0.458. The molecule has 0 aromatic carbocycles. The minimum atomic E-state index is -4.21. The Kier molecular flexibility index (Phi) is 3.52. The molecule has 2 unspecified atom stereocenters. The Labute approximate surface area is 103 Å². The van der Waals surface area contributed by atoms with Crippen LogP contribution < -0.4 is 10.1 Å². The number of methoxy groups -OCH3 is 1. The molecule has 1 aliphatic rings. The molecule has 0 spiro atoms. The fraction of sp³-hybridized carbons (Fsp3) is 0.727. The number of piperidine rings is 1. The number of nitrogens with one attached hydrogen (secondary N) is 1. The van der Waals surface area contributed by atoms with E-state index in [1.807, 2.05) is 0 Å². The van der Waals surface area contributed by atoms with Crippen LogP contribution in [-0.4, -0.2) is 29.6 Å². The van der Waals surface area contributed by atoms with Crippen LogP contribution in [0.25, 0.3) is 0 Å². The van der Waals surface area contributed by atoms with Gasteiger partial charge in [0.1, 0.15) is 0 Å². The van der Waals surface area contributed by atoms with Gasteiger partial charge in [-0.3, -0.25) is 4.68 Å². The van der Waals surface area contributed by atoms with Crippen molar-refractivity contribution in [1.29, 1.82) is 0 Å². The number of rotatable bonds is 2. The summed E-state index contributed by atoms with van der Waals surface area (Å²) in [4.78, 5) is 0. The summed E-state index contributed by atoms with van der Waals surface area (Å²) in [5.74, 6) is -0.998. The highest BCUT2D eigenvalue weighted by Gasteiger charge is 2.47. The van der Waals surface area contributed by atoms with Crippen LogP contribution in [0, 0.1) is 5.92 Å². The summed E-state index contributed by atoms with van der Waals surface area (Å²) < 4.78 is 45.7. The lowest BCUT2D eigenvalue weighted by Gasteiger charge is -2.34. The molecule has 2 rings (SSSR count). The van der Waals surface area contributed by atoms with Gasteiger partial charge in [0.15, 0.2) is 5.75 Å². The smallest absolute Gasteiger partial charge is 0.393 e. The molecule has 4 nitrogen and oxygen atoms in total. The first-order valence-corrected chi connectivity index (χ1v) is 5.81. The Balaban J connectivity index is 2.36. The van der Waals surface area contributed by atoms with E-state index in [0.717, 1.165) is 0 Å². The third-order valence-corrected chi connectivity index (χ3v) is 3.34. The Hall–Kier alpha value is -1.24. The maximum absolute atomic E-state index is 13.0. The van der Waals surface area contributed by atoms with Crippen molar-refractivity contribution in [3.8, 4) is 5.75 Å². The molecule has 1 aromatic heterocycles. The highest BCUT2D eigenvalue weighted by atomic mass is 19.4. The zero-order chi connectivity index (χ0) is 13.3. The van der Waals surface area contributed by atoms with E-state index in [0.29, 0.717) is 24.4 Å². The Bertz CT molecular complexity index is 416. The SMILES string of the molecule is COc1cnn(C)c1C1NCCCC1C(F)(F)F. The number of nitrogens with zero attached hydrogens (tertiary/aromatic N) is 2. The van der Waals surface area contributed by atoms with Crippen molar-refractivity contribution in [3.63, 3.8) is 0 Å². The standard InChI is InChI=1S/C11H16F3N3O/c1-17-10(8(18-2)6-16-17)9-7(11(12,13)14)4-3-5-15-9/h6-7,9,15H,3-5H2,1-2H3. The fourth-order valence-electron chi connectivity index (χ4n) is 2.47. The monoisotopic (exact) mass is 263 g/mol. The molecule has 102 valence electrons. The molecule has 1 fully saturated rings. The van der Waals surface area contributed by atoms with Gasteiger partial charge in [-0.05, 0) is 19.4 Å². The Morgan fingerprint density at radius 2 is 2.22 bits per heavy atom. The van der Waals surface area contributed by atoms with Crippen LogP contribution in [0.15, 0.2) is 6.20 Å². The summed E-state index contributed by atoms with van der Waals surface area (Å²) >= 11 is 0. The van der Waals surface area contributed by atoms with E-state index in [-0.39, 0.29) is 6.42 Å². The van der Waals surface area contributed by atoms with Crippen molar-refractivity contribution in [3.05, 3.63) is 11.9 Å². The van der Waals surface area contributed by atoms with E-state index in [9.17, 15) is 13.2 Å². The van der Waals surface area contributed by atoms with Crippen molar-refractivity contribution < 1.29 is 17.9 Å². The van der Waals surface area contributed by atoms with Crippen molar-refractivity contribution in [2.45, 2.75) is 25.1 Å². The van der Waals surface area contributed by atoms with Crippen LogP contribution in [0.3, 0.4) is 0 Å². The van der Waals surface area contributed by atoms with Crippen molar-refractivity contribution in [2.24, 2.45) is 13.0 Å². The summed E-state index contributed by atoms with van der Waals surface area (Å²) in [7, 11) is 3.06. The average Bonchev–Trinajstić information content (AvgIpc) is 2.69. The molecule has 2 atom stereocenters. The van der Waals surface area contributed by atoms with Gasteiger partial charge in [0, 0.05) is 7.05 Å². The van der Waals surface area contributed by atoms with E-state index in [1.165, 1.54) is 18.0 Å². The summed E-state index contributed by atoms with van der Waals surface area (Å²) in [6.45, 7) is 0.575. The molecular formula is C11H16F3N3O. The molecular weight excluding hydrogens is 247 g/mol. The minimum Gasteiger partial charge on any atom is -0.493 e. The largest absolute Gasteiger partial charge is 0.493 e. The van der Waals surface area contributed by atoms with Crippen molar-refractivity contribution in [1.82, 2.24) is 15.1 Å². The summed E-state index contributed by atoms with van der Waals surface area (Å²) in [6, 6.07) is -0.791. The van der Waals surface area contributed by atoms with Crippen LogP contribution in [-0.2, 0) is 7.05 Å². The first kappa shape index (κ1) is 13.2. The average molecular weight is 263 g/mol. The number of hydrogen-bond acceptors (Lipinski definition) is 3. The Morgan fingerprint density at radius 3 is 2.83 bits per heavy atom. The van der Waals surface area contributed by atoms with E-state index < -0.39 is 18.1 Å². The van der Waals surface area contributed by atoms with Gasteiger partial charge in [-0.1, -0.05) is 0 Å². The van der Waals surface area contributed by atoms with Crippen molar-refractivity contribution >= 4 is 0 Å². The maximum Gasteiger partial charge on any atom is 0.393 e. The van der Waals surface area contributed by atoms with Crippen LogP contribution in [0.1, 0.15) is 24.6 Å². The molecule has 0 radical (unpaired) electrons. The molecule has 7 heteroatoms. The number of hydrogen-bond donors (Lipinski definition) is 1. The van der Waals surface area contributed by atoms with Gasteiger partial charge < -0.3 is 10.1 Å². The third-order valence-electron chi connectivity index (χ3n) is 3.34. The van der Waals surface area contributed by atoms with Crippen LogP contribution >= 0.6 is 0 Å². The number of halogens is 3. The van der Waals surface area contributed by atoms with E-state index in [1.54, 1.807) is 7.05 Å². The van der Waals surface area contributed by atoms with E-state index in [2.05, 4.69) is 10.4 Å². The predicted molar refractivity (Wildman–Crippen MR) is 59.3 cm³/mol. The number of aryl methyl sites for hydroxylation is 1. The lowest BCUT2D eigenvalue weighted by Crippen LogP contribution is -2.42. The van der Waals surface area contributed by atoms with Gasteiger partial charge in [-0.25, -0.2) is 0 Å². The molecule has 18 heavy (non-hydrogen) atoms. The van der Waals surface area contributed by atoms with Gasteiger partial charge in [0.2, 0.25) is 0 Å². The second-order valence-corrected chi connectivity index (χ2v) is 4.44. The third kappa shape index (κ3) is 2.31. The molecule has 1 aliphatic heterocycles. The number of ether oxygens (including phenoxy) is 1. The predicted octanol–water partition coefficient (Wildman–Crippen LogP) is 2.03. The maximum atomic E-state index is 13.0. The summed E-state index contributed by atoms with van der Waals surface area (Å²) in [6.07, 6.45) is -2.11. The lowest BCUT2D eigenvalue weighted by molar-refractivity contribution is -0.189. The number of alkyl halides is 3. The van der Waals surface area contributed by atoms with E-state index >= 15 is 0 Å². The minimum absolute atomic E-state index is 0.134. The molecule has 1 aromatic rings. The molecule has 0 bridgehead atoms. The molecule has 0 saturated carbocycles. The number of aromatic nitrogens is 2. The highest BCUT2D eigenvalue weighted by Crippen LogP contribution is 2.43. The van der Waals surface area contributed by atoms with Gasteiger partial charge in [-0.15, -0.1) is 0 Å². The molecule has 1 N–H and O–H groups in total. The zero-order valence-electron chi connectivity index (χ0n) is 10.3. The summed E-state index contributed by atoms with van der Waals surface area (Å²) in [5, 5.41) is 6.90. The normalized spacial score (nSPS) is 25.2. The van der Waals surface area contributed by atoms with Crippen LogP contribution in [0.5, 0.6) is 5.75 Å².